The maximum atomic E-state index is 10.7. The Balaban J connectivity index is 0.000000698. The molecule has 6 nitrogen and oxygen atoms in total. The van der Waals surface area contributed by atoms with Gasteiger partial charge in [-0.1, -0.05) is 146 Å². The molecule has 1 N–H and O–H groups in total. The van der Waals surface area contributed by atoms with Gasteiger partial charge in [-0.05, 0) is 156 Å². The Bertz CT molecular complexity index is 3590. The molecule has 0 heterocycles. The quantitative estimate of drug-likeness (QED) is 0.0568. The summed E-state index contributed by atoms with van der Waals surface area (Å²) in [5.74, 6) is 2.50. The monoisotopic (exact) mass is 1030 g/mol. The van der Waals surface area contributed by atoms with Crippen LogP contribution in [0.3, 0.4) is 0 Å². The Labute approximate surface area is 434 Å². The van der Waals surface area contributed by atoms with Crippen molar-refractivity contribution in [2.75, 3.05) is 0 Å². The molecule has 12 aromatic carbocycles. The van der Waals surface area contributed by atoms with Crippen LogP contribution in [0.1, 0.15) is 16.7 Å². The molecule has 11 heteroatoms. The van der Waals surface area contributed by atoms with Crippen molar-refractivity contribution in [3.8, 4) is 17.2 Å². The largest absolute Gasteiger partial charge is 0.522 e. The van der Waals surface area contributed by atoms with E-state index >= 15 is 0 Å². The standard InChI is InChI=1S/C63H45O3S.CHF3O3S/c1-7-19-55-43(13-1)37-44-14-2-8-20-56(44)61(55)40-64-49-25-31-52(32-26-49)67(53-33-27-50(28-34-53)65-41-62-57-21-9-3-15-45(57)38-46-16-4-10-22-58(46)62)54-35-29-51(30-36-54)66-42-63-59-23-11-5-17-47(59)39-48-18-6-12-24-60(48)63;2-1(3,4)8(5,6)7/h1-39H,40-42H2;(H,5,6,7)/q+1;. The summed E-state index contributed by atoms with van der Waals surface area (Å²) in [5.41, 5.74) is -1.94. The van der Waals surface area contributed by atoms with Gasteiger partial charge in [0.2, 0.25) is 0 Å². The molecule has 0 radical (unpaired) electrons. The van der Waals surface area contributed by atoms with Gasteiger partial charge in [-0.15, -0.1) is 0 Å². The van der Waals surface area contributed by atoms with E-state index in [1.54, 1.807) is 0 Å². The van der Waals surface area contributed by atoms with Crippen molar-refractivity contribution in [1.82, 2.24) is 0 Å². The van der Waals surface area contributed by atoms with Gasteiger partial charge in [0.05, 0.1) is 10.9 Å². The van der Waals surface area contributed by atoms with E-state index in [-0.39, 0.29) is 0 Å². The average molecular weight is 1030 g/mol. The Morgan fingerprint density at radius 2 is 0.547 bits per heavy atom. The van der Waals surface area contributed by atoms with Gasteiger partial charge < -0.3 is 14.2 Å². The SMILES string of the molecule is O=S(=O)(O)C(F)(F)F.c1ccc2c(COc3ccc([S+](c4ccc(OCc5c6ccccc6cc6ccccc56)cc4)c4ccc(OCc5c6ccccc6cc6ccccc56)cc4)cc3)c3ccccc3cc2c1. The molecule has 0 bridgehead atoms. The molecule has 0 aliphatic heterocycles. The third-order valence-corrected chi connectivity index (χ3v) is 16.1. The zero-order valence-electron chi connectivity index (χ0n) is 40.1. The summed E-state index contributed by atoms with van der Waals surface area (Å²) in [6.45, 7) is 1.41. The lowest BCUT2D eigenvalue weighted by molar-refractivity contribution is -0.0510. The molecular weight excluding hydrogens is 986 g/mol. The first-order chi connectivity index (χ1) is 36.4. The molecule has 0 aromatic heterocycles. The lowest BCUT2D eigenvalue weighted by Crippen LogP contribution is -2.21. The number of hydrogen-bond acceptors (Lipinski definition) is 5. The predicted octanol–water partition coefficient (Wildman–Crippen LogP) is 16.8. The number of ether oxygens (including phenoxy) is 3. The molecule has 12 rings (SSSR count). The van der Waals surface area contributed by atoms with Crippen LogP contribution in [0, 0.1) is 0 Å². The molecule has 0 aliphatic rings. The highest BCUT2D eigenvalue weighted by Gasteiger charge is 2.44. The highest BCUT2D eigenvalue weighted by molar-refractivity contribution is 7.97. The minimum absolute atomic E-state index is 0.437. The van der Waals surface area contributed by atoms with Crippen molar-refractivity contribution in [1.29, 1.82) is 0 Å². The van der Waals surface area contributed by atoms with Crippen LogP contribution in [0.2, 0.25) is 0 Å². The van der Waals surface area contributed by atoms with Crippen LogP contribution in [0.15, 0.2) is 251 Å². The molecule has 0 saturated heterocycles. The third-order valence-electron chi connectivity index (χ3n) is 13.3. The summed E-state index contributed by atoms with van der Waals surface area (Å²) in [5, 5.41) is 14.6. The van der Waals surface area contributed by atoms with Crippen LogP contribution in [-0.2, 0) is 40.8 Å². The van der Waals surface area contributed by atoms with Gasteiger partial charge >= 0.3 is 15.6 Å². The molecule has 12 aromatic rings. The molecule has 75 heavy (non-hydrogen) atoms. The maximum absolute atomic E-state index is 10.7. The maximum Gasteiger partial charge on any atom is 0.522 e. The van der Waals surface area contributed by atoms with Crippen molar-refractivity contribution in [3.63, 3.8) is 0 Å². The topological polar surface area (TPSA) is 82.1 Å². The molecule has 0 aliphatic carbocycles. The second kappa shape index (κ2) is 20.9. The van der Waals surface area contributed by atoms with E-state index in [0.717, 1.165) is 17.2 Å². The van der Waals surface area contributed by atoms with Gasteiger partial charge in [0.15, 0.2) is 14.7 Å². The smallest absolute Gasteiger partial charge is 0.489 e. The van der Waals surface area contributed by atoms with Gasteiger partial charge in [0, 0.05) is 16.7 Å². The molecular formula is C64H46F3O6S2+. The molecule has 0 amide bonds. The van der Waals surface area contributed by atoms with Gasteiger partial charge in [-0.3, -0.25) is 4.55 Å². The summed E-state index contributed by atoms with van der Waals surface area (Å²) in [6.07, 6.45) is 0. The van der Waals surface area contributed by atoms with E-state index in [0.29, 0.717) is 19.8 Å². The number of hydrogen-bond donors (Lipinski definition) is 1. The summed E-state index contributed by atoms with van der Waals surface area (Å²) in [7, 11) is -6.28. The molecule has 0 unspecified atom stereocenters. The normalized spacial score (nSPS) is 11.9. The third kappa shape index (κ3) is 10.4. The second-order valence-corrected chi connectivity index (χ2v) is 21.3. The highest BCUT2D eigenvalue weighted by atomic mass is 32.2. The zero-order chi connectivity index (χ0) is 51.5. The van der Waals surface area contributed by atoms with E-state index < -0.39 is 26.5 Å². The van der Waals surface area contributed by atoms with Gasteiger partial charge in [0.1, 0.15) is 37.1 Å². The van der Waals surface area contributed by atoms with Crippen molar-refractivity contribution < 1.29 is 40.4 Å². The summed E-state index contributed by atoms with van der Waals surface area (Å²) < 4.78 is 77.3. The van der Waals surface area contributed by atoms with Crippen LogP contribution >= 0.6 is 0 Å². The van der Waals surface area contributed by atoms with Crippen LogP contribution in [0.25, 0.3) is 64.6 Å². The Morgan fingerprint density at radius 3 is 0.747 bits per heavy atom. The van der Waals surface area contributed by atoms with Gasteiger partial charge in [-0.2, -0.15) is 21.6 Å². The van der Waals surface area contributed by atoms with Crippen LogP contribution in [0.4, 0.5) is 13.2 Å². The van der Waals surface area contributed by atoms with Crippen molar-refractivity contribution >= 4 is 85.6 Å². The Hall–Kier alpha value is -8.35. The van der Waals surface area contributed by atoms with Crippen molar-refractivity contribution in [2.45, 2.75) is 40.0 Å². The van der Waals surface area contributed by atoms with Gasteiger partial charge in [-0.25, -0.2) is 0 Å². The van der Waals surface area contributed by atoms with E-state index in [1.165, 1.54) is 96.0 Å². The van der Waals surface area contributed by atoms with Gasteiger partial charge in [0.25, 0.3) is 0 Å². The van der Waals surface area contributed by atoms with Crippen LogP contribution in [0.5, 0.6) is 17.2 Å². The molecule has 0 atom stereocenters. The van der Waals surface area contributed by atoms with Crippen LogP contribution in [-0.4, -0.2) is 18.5 Å². The first-order valence-corrected chi connectivity index (χ1v) is 26.8. The molecule has 370 valence electrons. The van der Waals surface area contributed by atoms with Crippen molar-refractivity contribution in [3.05, 3.63) is 253 Å². The number of benzene rings is 12. The number of alkyl halides is 3. The molecule has 0 saturated carbocycles. The fraction of sp³-hybridized carbons (Fsp3) is 0.0625. The fourth-order valence-corrected chi connectivity index (χ4v) is 11.7. The lowest BCUT2D eigenvalue weighted by atomic mass is 9.97. The number of rotatable bonds is 12. The van der Waals surface area contributed by atoms with Crippen LogP contribution < -0.4 is 14.2 Å². The number of halogens is 3. The van der Waals surface area contributed by atoms with E-state index in [1.807, 2.05) is 0 Å². The number of fused-ring (bicyclic) bond motifs is 6. The van der Waals surface area contributed by atoms with Crippen molar-refractivity contribution in [2.24, 2.45) is 0 Å². The van der Waals surface area contributed by atoms with E-state index in [4.69, 9.17) is 27.2 Å². The first-order valence-electron chi connectivity index (χ1n) is 24.1. The molecule has 0 fully saturated rings. The zero-order valence-corrected chi connectivity index (χ0v) is 41.7. The Kier molecular flexibility index (Phi) is 13.6. The fourth-order valence-electron chi connectivity index (χ4n) is 9.68. The molecule has 0 spiro atoms. The summed E-state index contributed by atoms with van der Waals surface area (Å²) >= 11 is 0. The lowest BCUT2D eigenvalue weighted by Gasteiger charge is -2.15. The minimum atomic E-state index is -5.84. The van der Waals surface area contributed by atoms with E-state index in [9.17, 15) is 13.2 Å². The average Bonchev–Trinajstić information content (AvgIpc) is 3.43. The first kappa shape index (κ1) is 48.9. The summed E-state index contributed by atoms with van der Waals surface area (Å²) in [6, 6.07) is 84.2. The summed E-state index contributed by atoms with van der Waals surface area (Å²) in [4.78, 5) is 3.57. The highest BCUT2D eigenvalue weighted by Crippen LogP contribution is 2.37. The Morgan fingerprint density at radius 1 is 0.347 bits per heavy atom. The second-order valence-electron chi connectivity index (χ2n) is 17.9. The minimum Gasteiger partial charge on any atom is -0.489 e. The van der Waals surface area contributed by atoms with E-state index in [2.05, 4.69) is 237 Å². The predicted molar refractivity (Wildman–Crippen MR) is 296 cm³/mol.